The van der Waals surface area contributed by atoms with Crippen molar-refractivity contribution in [1.82, 2.24) is 10.6 Å². The summed E-state index contributed by atoms with van der Waals surface area (Å²) in [4.78, 5) is 81.2. The van der Waals surface area contributed by atoms with E-state index >= 15 is 0 Å². The highest BCUT2D eigenvalue weighted by molar-refractivity contribution is 5.96. The molecule has 11 N–H and O–H groups in total. The highest BCUT2D eigenvalue weighted by Crippen LogP contribution is 2.34. The van der Waals surface area contributed by atoms with Crippen molar-refractivity contribution >= 4 is 34.9 Å². The second-order valence-corrected chi connectivity index (χ2v) is 20.9. The van der Waals surface area contributed by atoms with E-state index in [0.717, 1.165) is 68.9 Å². The van der Waals surface area contributed by atoms with Crippen molar-refractivity contribution in [2.45, 2.75) is 212 Å². The van der Waals surface area contributed by atoms with E-state index in [9.17, 15) is 33.9 Å². The van der Waals surface area contributed by atoms with Gasteiger partial charge in [0.1, 0.15) is 23.6 Å². The van der Waals surface area contributed by atoms with Gasteiger partial charge in [0.2, 0.25) is 11.8 Å². The third kappa shape index (κ3) is 27.1. The highest BCUT2D eigenvalue weighted by atomic mass is 16.3. The zero-order chi connectivity index (χ0) is 54.0. The molecule has 0 aromatic heterocycles. The number of unbranched alkanes of at least 4 members (excludes halogenated alkanes) is 6. The smallest absolute Gasteiger partial charge is 0.224 e. The number of hydrogen-bond donors (Lipinski definition) is 7. The van der Waals surface area contributed by atoms with Crippen LogP contribution in [-0.2, 0) is 28.8 Å². The average molecular weight is 1020 g/mol. The van der Waals surface area contributed by atoms with Gasteiger partial charge in [0.05, 0.1) is 6.04 Å². The van der Waals surface area contributed by atoms with Gasteiger partial charge < -0.3 is 38.7 Å². The number of carbonyl (C=O) groups is 6. The van der Waals surface area contributed by atoms with Crippen LogP contribution < -0.4 is 33.6 Å². The SMILES string of the molecule is CC[C@H](C(C)CCCCC(=O)NCCCC[C@H](NC(=O)C/C(=C/C(=O)CC(CCCCN)C(=O)CC(CC(=O)CCC(=O)CCCCCCN)C(C)c1ccccc1)[C@@H](C)c1ccccc1)C(N)O)[C@@H](N)CC. The lowest BCUT2D eigenvalue weighted by Gasteiger charge is -2.28. The molecule has 0 aliphatic rings. The lowest BCUT2D eigenvalue weighted by atomic mass is 9.77. The van der Waals surface area contributed by atoms with Crippen LogP contribution in [0.25, 0.3) is 0 Å². The van der Waals surface area contributed by atoms with Crippen molar-refractivity contribution in [3.8, 4) is 0 Å². The number of amides is 2. The lowest BCUT2D eigenvalue weighted by molar-refractivity contribution is -0.128. The molecule has 0 saturated heterocycles. The zero-order valence-corrected chi connectivity index (χ0v) is 45.6. The minimum atomic E-state index is -1.33. The van der Waals surface area contributed by atoms with Crippen molar-refractivity contribution in [2.75, 3.05) is 19.6 Å². The summed E-state index contributed by atoms with van der Waals surface area (Å²) >= 11 is 0. The molecule has 0 spiro atoms. The van der Waals surface area contributed by atoms with E-state index in [0.29, 0.717) is 88.4 Å². The normalized spacial score (nSPS) is 15.5. The molecule has 0 radical (unpaired) electrons. The Morgan fingerprint density at radius 2 is 1.21 bits per heavy atom. The van der Waals surface area contributed by atoms with Gasteiger partial charge in [-0.15, -0.1) is 0 Å². The van der Waals surface area contributed by atoms with E-state index in [2.05, 4.69) is 31.4 Å². The summed E-state index contributed by atoms with van der Waals surface area (Å²) in [6.07, 6.45) is 13.4. The number of allylic oxidation sites excluding steroid dienone is 1. The maximum absolute atomic E-state index is 14.5. The van der Waals surface area contributed by atoms with E-state index in [-0.39, 0.29) is 91.4 Å². The fraction of sp³-hybridized carbons (Fsp3) is 0.667. The van der Waals surface area contributed by atoms with Gasteiger partial charge >= 0.3 is 0 Å². The third-order valence-corrected chi connectivity index (χ3v) is 15.1. The van der Waals surface area contributed by atoms with E-state index in [1.807, 2.05) is 74.5 Å². The second kappa shape index (κ2) is 38.2. The molecule has 13 nitrogen and oxygen atoms in total. The fourth-order valence-electron chi connectivity index (χ4n) is 10.2. The topological polar surface area (TPSA) is 251 Å². The summed E-state index contributed by atoms with van der Waals surface area (Å²) in [7, 11) is 0. The summed E-state index contributed by atoms with van der Waals surface area (Å²) in [5.74, 6) is -1.16. The molecule has 0 fully saturated rings. The quantitative estimate of drug-likeness (QED) is 0.0187. The Hall–Kier alpha value is -4.40. The molecule has 0 saturated carbocycles. The van der Waals surface area contributed by atoms with Gasteiger partial charge in [-0.05, 0) is 112 Å². The zero-order valence-electron chi connectivity index (χ0n) is 45.6. The Morgan fingerprint density at radius 1 is 0.616 bits per heavy atom. The minimum absolute atomic E-state index is 0.0106. The van der Waals surface area contributed by atoms with Crippen LogP contribution in [0.3, 0.4) is 0 Å². The Kier molecular flexibility index (Phi) is 33.9. The summed E-state index contributed by atoms with van der Waals surface area (Å²) in [6.45, 7) is 12.1. The van der Waals surface area contributed by atoms with E-state index in [1.54, 1.807) is 0 Å². The van der Waals surface area contributed by atoms with Crippen molar-refractivity contribution < 1.29 is 33.9 Å². The van der Waals surface area contributed by atoms with Gasteiger partial charge in [0, 0.05) is 75.8 Å². The van der Waals surface area contributed by atoms with Crippen molar-refractivity contribution in [2.24, 2.45) is 46.6 Å². The average Bonchev–Trinajstić information content (AvgIpc) is 3.38. The Bertz CT molecular complexity index is 1910. The monoisotopic (exact) mass is 1010 g/mol. The molecule has 73 heavy (non-hydrogen) atoms. The number of hydrogen-bond acceptors (Lipinski definition) is 11. The van der Waals surface area contributed by atoms with Crippen LogP contribution in [0.2, 0.25) is 0 Å². The Morgan fingerprint density at radius 3 is 1.84 bits per heavy atom. The molecule has 13 heteroatoms. The number of rotatable bonds is 43. The van der Waals surface area contributed by atoms with Crippen LogP contribution in [0.4, 0.5) is 0 Å². The van der Waals surface area contributed by atoms with Crippen LogP contribution in [0.1, 0.15) is 205 Å². The molecule has 2 amide bonds. The predicted molar refractivity (Wildman–Crippen MR) is 296 cm³/mol. The number of Topliss-reactive ketones (excluding diaryl/α,β-unsaturated/α-hetero) is 3. The van der Waals surface area contributed by atoms with Crippen LogP contribution in [0.5, 0.6) is 0 Å². The molecular formula is C60H98N6O7. The van der Waals surface area contributed by atoms with Crippen LogP contribution in [0, 0.1) is 23.7 Å². The number of carbonyl (C=O) groups excluding carboxylic acids is 6. The second-order valence-electron chi connectivity index (χ2n) is 20.9. The number of nitrogens with two attached hydrogens (primary N) is 4. The van der Waals surface area contributed by atoms with E-state index < -0.39 is 24.1 Å². The lowest BCUT2D eigenvalue weighted by Crippen LogP contribution is -2.47. The van der Waals surface area contributed by atoms with Crippen LogP contribution >= 0.6 is 0 Å². The summed E-state index contributed by atoms with van der Waals surface area (Å²) in [5.41, 5.74) is 26.2. The summed E-state index contributed by atoms with van der Waals surface area (Å²) in [5, 5.41) is 16.4. The van der Waals surface area contributed by atoms with Gasteiger partial charge in [0.15, 0.2) is 5.78 Å². The van der Waals surface area contributed by atoms with Gasteiger partial charge in [0.25, 0.3) is 0 Å². The van der Waals surface area contributed by atoms with Crippen molar-refractivity contribution in [3.05, 3.63) is 83.4 Å². The number of ketones is 4. The number of benzene rings is 2. The summed E-state index contributed by atoms with van der Waals surface area (Å²) < 4.78 is 0. The largest absolute Gasteiger partial charge is 0.377 e. The van der Waals surface area contributed by atoms with Gasteiger partial charge in [-0.1, -0.05) is 139 Å². The first kappa shape index (κ1) is 64.7. The molecule has 2 aromatic carbocycles. The maximum atomic E-state index is 14.5. The summed E-state index contributed by atoms with van der Waals surface area (Å²) in [6, 6.07) is 18.8. The minimum Gasteiger partial charge on any atom is -0.377 e. The number of aliphatic hydroxyl groups is 1. The van der Waals surface area contributed by atoms with Gasteiger partial charge in [-0.3, -0.25) is 28.8 Å². The molecule has 0 heterocycles. The molecule has 0 bridgehead atoms. The van der Waals surface area contributed by atoms with Gasteiger partial charge in [-0.2, -0.15) is 0 Å². The number of nitrogens with one attached hydrogen (secondary N) is 2. The first-order valence-electron chi connectivity index (χ1n) is 28.1. The third-order valence-electron chi connectivity index (χ3n) is 15.1. The van der Waals surface area contributed by atoms with E-state index in [1.165, 1.54) is 6.08 Å². The highest BCUT2D eigenvalue weighted by Gasteiger charge is 2.30. The first-order valence-corrected chi connectivity index (χ1v) is 28.1. The van der Waals surface area contributed by atoms with Crippen LogP contribution in [0.15, 0.2) is 72.3 Å². The van der Waals surface area contributed by atoms with Crippen molar-refractivity contribution in [1.29, 1.82) is 0 Å². The standard InChI is InChI=1S/C60H98N6O7/c1-6-54(55(63)7-2)43(3)24-17-18-32-58(71)65-37-23-20-31-56(60(64)73)66-59(72)42-50(45(5)47-27-14-11-15-28-47)40-53(69)38-48(29-19-22-36-62)57(70)41-49(44(4)46-25-12-10-13-26-46)39-52(68)34-33-51(67)30-16-8-9-21-35-61/h10-15,25-28,40,43-45,48-49,54-56,60,73H,6-9,16-24,29-39,41-42,61-64H2,1-5H3,(H,65,71)(H,66,72)/b50-40-/t43?,44?,45-,48?,49?,54+,55-,56-,60?/m0/s1. The fourth-order valence-corrected chi connectivity index (χ4v) is 10.2. The predicted octanol–water partition coefficient (Wildman–Crippen LogP) is 9.42. The van der Waals surface area contributed by atoms with Crippen molar-refractivity contribution in [3.63, 3.8) is 0 Å². The molecule has 0 aliphatic carbocycles. The van der Waals surface area contributed by atoms with Crippen LogP contribution in [-0.4, -0.2) is 78.0 Å². The molecule has 5 unspecified atom stereocenters. The molecule has 2 rings (SSSR count). The maximum Gasteiger partial charge on any atom is 0.224 e. The van der Waals surface area contributed by atoms with Gasteiger partial charge in [-0.25, -0.2) is 0 Å². The molecular weight excluding hydrogens is 917 g/mol. The molecule has 410 valence electrons. The first-order chi connectivity index (χ1) is 35.0. The van der Waals surface area contributed by atoms with E-state index in [4.69, 9.17) is 22.9 Å². The Labute approximate surface area is 440 Å². The molecule has 0 aliphatic heterocycles. The molecule has 9 atom stereocenters. The Balaban J connectivity index is 2.15. The molecule has 2 aromatic rings. The number of aliphatic hydroxyl groups excluding tert-OH is 1.